The Labute approximate surface area is 217 Å². The number of rotatable bonds is 13. The molecule has 0 spiro atoms. The van der Waals surface area contributed by atoms with Crippen molar-refractivity contribution in [2.75, 3.05) is 29.5 Å². The largest absolute Gasteiger partial charge is 0.391 e. The summed E-state index contributed by atoms with van der Waals surface area (Å²) in [4.78, 5) is 17.7. The van der Waals surface area contributed by atoms with E-state index in [1.54, 1.807) is 0 Å². The highest BCUT2D eigenvalue weighted by Gasteiger charge is 2.32. The molecule has 2 aromatic rings. The number of sulfonamides is 1. The molecule has 1 fully saturated rings. The Kier molecular flexibility index (Phi) is 9.46. The number of halogens is 2. The minimum Gasteiger partial charge on any atom is -0.391 e. The minimum atomic E-state index is -3.64. The predicted octanol–water partition coefficient (Wildman–Crippen LogP) is 3.72. The van der Waals surface area contributed by atoms with Gasteiger partial charge in [-0.1, -0.05) is 26.7 Å². The van der Waals surface area contributed by atoms with Crippen molar-refractivity contribution in [1.29, 1.82) is 0 Å². The van der Waals surface area contributed by atoms with Crippen LogP contribution in [0.25, 0.3) is 0 Å². The molecule has 3 N–H and O–H groups in total. The summed E-state index contributed by atoms with van der Waals surface area (Å²) in [5.74, 6) is -0.553. The lowest BCUT2D eigenvalue weighted by Crippen LogP contribution is -2.45. The molecule has 1 aromatic carbocycles. The Morgan fingerprint density at radius 1 is 1.22 bits per heavy atom. The fourth-order valence-corrected chi connectivity index (χ4v) is 4.55. The summed E-state index contributed by atoms with van der Waals surface area (Å²) in [6.45, 7) is 4.75. The van der Waals surface area contributed by atoms with E-state index in [1.807, 2.05) is 6.92 Å². The average Bonchev–Trinajstić information content (AvgIpc) is 3.53. The molecule has 1 amide bonds. The van der Waals surface area contributed by atoms with Crippen LogP contribution in [0.4, 0.5) is 20.4 Å². The van der Waals surface area contributed by atoms with Gasteiger partial charge in [0.05, 0.1) is 18.4 Å². The maximum atomic E-state index is 13.8. The molecular formula is C26H36F2N4O4S. The second kappa shape index (κ2) is 12.2. The van der Waals surface area contributed by atoms with Crippen LogP contribution in [0.5, 0.6) is 0 Å². The Balaban J connectivity index is 1.88. The maximum Gasteiger partial charge on any atom is 0.251 e. The first-order valence-electron chi connectivity index (χ1n) is 12.5. The number of pyridine rings is 1. The van der Waals surface area contributed by atoms with Gasteiger partial charge in [-0.3, -0.25) is 9.10 Å². The third-order valence-electron chi connectivity index (χ3n) is 6.73. The van der Waals surface area contributed by atoms with Crippen molar-refractivity contribution >= 4 is 27.6 Å². The number of amides is 1. The Bertz CT molecular complexity index is 1190. The summed E-state index contributed by atoms with van der Waals surface area (Å²) < 4.78 is 52.8. The molecule has 37 heavy (non-hydrogen) atoms. The van der Waals surface area contributed by atoms with E-state index >= 15 is 0 Å². The second-order valence-corrected chi connectivity index (χ2v) is 12.0. The van der Waals surface area contributed by atoms with E-state index in [-0.39, 0.29) is 17.8 Å². The van der Waals surface area contributed by atoms with E-state index in [1.165, 1.54) is 31.3 Å². The van der Waals surface area contributed by atoms with Gasteiger partial charge in [0.1, 0.15) is 23.3 Å². The first-order valence-corrected chi connectivity index (χ1v) is 14.4. The van der Waals surface area contributed by atoms with E-state index in [9.17, 15) is 27.1 Å². The van der Waals surface area contributed by atoms with Crippen LogP contribution in [0.1, 0.15) is 55.5 Å². The number of nitrogens with zero attached hydrogens (tertiary/aromatic N) is 2. The second-order valence-electron chi connectivity index (χ2n) is 9.96. The van der Waals surface area contributed by atoms with Crippen molar-refractivity contribution in [3.8, 4) is 0 Å². The number of benzene rings is 1. The van der Waals surface area contributed by atoms with Crippen molar-refractivity contribution in [3.63, 3.8) is 0 Å². The fraction of sp³-hybridized carbons (Fsp3) is 0.538. The number of anilines is 2. The lowest BCUT2D eigenvalue weighted by atomic mass is 9.97. The summed E-state index contributed by atoms with van der Waals surface area (Å²) in [6, 6.07) is 5.16. The van der Waals surface area contributed by atoms with Crippen LogP contribution in [0.15, 0.2) is 30.3 Å². The summed E-state index contributed by atoms with van der Waals surface area (Å²) in [5, 5.41) is 16.8. The monoisotopic (exact) mass is 538 g/mol. The lowest BCUT2D eigenvalue weighted by Gasteiger charge is -2.25. The van der Waals surface area contributed by atoms with Crippen LogP contribution in [-0.2, 0) is 16.4 Å². The lowest BCUT2D eigenvalue weighted by molar-refractivity contribution is 0.0808. The van der Waals surface area contributed by atoms with Crippen molar-refractivity contribution in [2.45, 2.75) is 58.1 Å². The Morgan fingerprint density at radius 2 is 1.86 bits per heavy atom. The molecule has 0 radical (unpaired) electrons. The molecule has 0 bridgehead atoms. The van der Waals surface area contributed by atoms with E-state index in [0.717, 1.165) is 29.5 Å². The predicted molar refractivity (Wildman–Crippen MR) is 140 cm³/mol. The van der Waals surface area contributed by atoms with Crippen molar-refractivity contribution in [3.05, 3.63) is 53.1 Å². The van der Waals surface area contributed by atoms with Gasteiger partial charge < -0.3 is 15.7 Å². The zero-order chi connectivity index (χ0) is 27.3. The third-order valence-corrected chi connectivity index (χ3v) is 7.91. The van der Waals surface area contributed by atoms with Gasteiger partial charge in [-0.15, -0.1) is 0 Å². The number of unbranched alkanes of at least 4 members (excludes halogenated alkanes) is 1. The highest BCUT2D eigenvalue weighted by Crippen LogP contribution is 2.37. The Morgan fingerprint density at radius 3 is 2.43 bits per heavy atom. The minimum absolute atomic E-state index is 0.0111. The standard InChI is InChI=1S/C26H36F2N4O4S/c1-5-6-7-23(33)22(11-17-9-20(27)14-21(28)10-17)30-26(34)18-12-24(29-15-19-8-16(19)2)31-25(13-18)32(3)37(4,35)36/h9-10,12-14,16,19,22-23,33H,5-8,11,15H2,1-4H3,(H,29,31)(H,30,34)/t16-,19+,22-,23-/m0/s1. The van der Waals surface area contributed by atoms with Gasteiger partial charge in [-0.25, -0.2) is 22.2 Å². The van der Waals surface area contributed by atoms with E-state index < -0.39 is 39.7 Å². The summed E-state index contributed by atoms with van der Waals surface area (Å²) in [5.41, 5.74) is 0.441. The molecule has 1 aliphatic carbocycles. The molecule has 8 nitrogen and oxygen atoms in total. The topological polar surface area (TPSA) is 112 Å². The zero-order valence-corrected chi connectivity index (χ0v) is 22.5. The van der Waals surface area contributed by atoms with Gasteiger partial charge >= 0.3 is 0 Å². The van der Waals surface area contributed by atoms with Gasteiger partial charge in [0.2, 0.25) is 10.0 Å². The molecule has 204 valence electrons. The molecule has 11 heteroatoms. The van der Waals surface area contributed by atoms with Crippen LogP contribution in [-0.4, -0.2) is 56.4 Å². The van der Waals surface area contributed by atoms with Crippen LogP contribution in [0, 0.1) is 23.5 Å². The summed E-state index contributed by atoms with van der Waals surface area (Å²) in [6.07, 6.45) is 3.11. The van der Waals surface area contributed by atoms with Gasteiger partial charge in [0.25, 0.3) is 5.91 Å². The molecular weight excluding hydrogens is 502 g/mol. The summed E-state index contributed by atoms with van der Waals surface area (Å²) in [7, 11) is -2.29. The van der Waals surface area contributed by atoms with E-state index in [2.05, 4.69) is 22.5 Å². The van der Waals surface area contributed by atoms with Gasteiger partial charge in [-0.2, -0.15) is 0 Å². The molecule has 1 heterocycles. The highest BCUT2D eigenvalue weighted by atomic mass is 32.2. The molecule has 1 aliphatic rings. The molecule has 4 atom stereocenters. The van der Waals surface area contributed by atoms with Crippen LogP contribution >= 0.6 is 0 Å². The van der Waals surface area contributed by atoms with Crippen LogP contribution < -0.4 is 14.9 Å². The fourth-order valence-electron chi connectivity index (χ4n) is 4.12. The SMILES string of the molecule is CCCC[C@H](O)[C@H](Cc1cc(F)cc(F)c1)NC(=O)c1cc(NC[C@H]2C[C@@H]2C)nc(N(C)S(C)(=O)=O)c1. The smallest absolute Gasteiger partial charge is 0.251 e. The third kappa shape index (κ3) is 8.36. The number of hydrogen-bond acceptors (Lipinski definition) is 6. The first-order chi connectivity index (χ1) is 17.4. The molecule has 1 aromatic heterocycles. The van der Waals surface area contributed by atoms with Gasteiger partial charge in [0.15, 0.2) is 0 Å². The normalized spacial score (nSPS) is 18.7. The number of aliphatic hydroxyl groups is 1. The van der Waals surface area contributed by atoms with Crippen molar-refractivity contribution in [1.82, 2.24) is 10.3 Å². The quantitative estimate of drug-likeness (QED) is 0.359. The number of carbonyl (C=O) groups is 1. The molecule has 0 unspecified atom stereocenters. The zero-order valence-electron chi connectivity index (χ0n) is 21.7. The molecule has 0 saturated heterocycles. The Hall–Kier alpha value is -2.79. The highest BCUT2D eigenvalue weighted by molar-refractivity contribution is 7.92. The van der Waals surface area contributed by atoms with Crippen molar-refractivity contribution < 1.29 is 27.1 Å². The number of carbonyl (C=O) groups excluding carboxylic acids is 1. The molecule has 1 saturated carbocycles. The van der Waals surface area contributed by atoms with E-state index in [0.29, 0.717) is 42.6 Å². The van der Waals surface area contributed by atoms with Crippen LogP contribution in [0.3, 0.4) is 0 Å². The first kappa shape index (κ1) is 28.8. The van der Waals surface area contributed by atoms with Gasteiger partial charge in [0, 0.05) is 25.2 Å². The van der Waals surface area contributed by atoms with E-state index in [4.69, 9.17) is 0 Å². The number of nitrogens with one attached hydrogen (secondary N) is 2. The van der Waals surface area contributed by atoms with Gasteiger partial charge in [-0.05, 0) is 60.9 Å². The van der Waals surface area contributed by atoms with Crippen LogP contribution in [0.2, 0.25) is 0 Å². The molecule has 0 aliphatic heterocycles. The summed E-state index contributed by atoms with van der Waals surface area (Å²) >= 11 is 0. The molecule has 3 rings (SSSR count). The number of aromatic nitrogens is 1. The van der Waals surface area contributed by atoms with Crippen molar-refractivity contribution in [2.24, 2.45) is 11.8 Å². The average molecular weight is 539 g/mol. The number of aliphatic hydroxyl groups excluding tert-OH is 1. The maximum absolute atomic E-state index is 13.8. The number of hydrogen-bond donors (Lipinski definition) is 3.